The first-order valence-electron chi connectivity index (χ1n) is 7.03. The number of nitrogens with zero attached hydrogens (tertiary/aromatic N) is 3. The van der Waals surface area contributed by atoms with E-state index in [0.717, 1.165) is 0 Å². The van der Waals surface area contributed by atoms with Gasteiger partial charge >= 0.3 is 5.97 Å². The van der Waals surface area contributed by atoms with Gasteiger partial charge in [-0.05, 0) is 41.1 Å². The summed E-state index contributed by atoms with van der Waals surface area (Å²) in [5, 5.41) is 4.80. The number of fused-ring (bicyclic) bond motifs is 1. The molecule has 0 saturated heterocycles. The molecule has 0 spiro atoms. The molecule has 2 aromatic heterocycles. The fourth-order valence-corrected chi connectivity index (χ4v) is 2.99. The van der Waals surface area contributed by atoms with Crippen LogP contribution >= 0.6 is 27.5 Å². The molecule has 0 saturated carbocycles. The Morgan fingerprint density at radius 1 is 1.38 bits per heavy atom. The van der Waals surface area contributed by atoms with Crippen LogP contribution in [0.2, 0.25) is 5.15 Å². The van der Waals surface area contributed by atoms with Crippen molar-refractivity contribution >= 4 is 44.4 Å². The molecule has 0 aliphatic carbocycles. The standard InChI is InChI=1S/C16H11BrClN3O3/c1-2-24-16(23)14-15(22)13-10(17)4-3-5-11(13)21(20-14)9-6-7-19-12(18)8-9/h3-8H,2H2,1H3. The van der Waals surface area contributed by atoms with Gasteiger partial charge in [-0.3, -0.25) is 4.79 Å². The molecule has 0 bridgehead atoms. The second-order valence-corrected chi connectivity index (χ2v) is 6.02. The van der Waals surface area contributed by atoms with E-state index >= 15 is 0 Å². The Balaban J connectivity index is 2.40. The van der Waals surface area contributed by atoms with Gasteiger partial charge in [-0.1, -0.05) is 17.7 Å². The van der Waals surface area contributed by atoms with Gasteiger partial charge in [0.1, 0.15) is 5.15 Å². The summed E-state index contributed by atoms with van der Waals surface area (Å²) in [6.45, 7) is 1.81. The first kappa shape index (κ1) is 16.6. The van der Waals surface area contributed by atoms with E-state index in [0.29, 0.717) is 21.1 Å². The summed E-state index contributed by atoms with van der Waals surface area (Å²) >= 11 is 9.31. The monoisotopic (exact) mass is 407 g/mol. The van der Waals surface area contributed by atoms with Gasteiger partial charge in [0, 0.05) is 16.7 Å². The van der Waals surface area contributed by atoms with Gasteiger partial charge in [0.25, 0.3) is 0 Å². The van der Waals surface area contributed by atoms with Crippen LogP contribution in [0.25, 0.3) is 16.6 Å². The minimum Gasteiger partial charge on any atom is -0.461 e. The molecular formula is C16H11BrClN3O3. The molecule has 3 rings (SSSR count). The SMILES string of the molecule is CCOC(=O)c1nn(-c2ccnc(Cl)c2)c2cccc(Br)c2c1=O. The third-order valence-electron chi connectivity index (χ3n) is 3.29. The molecule has 122 valence electrons. The predicted octanol–water partition coefficient (Wildman–Crippen LogP) is 3.37. The third-order valence-corrected chi connectivity index (χ3v) is 4.15. The van der Waals surface area contributed by atoms with Gasteiger partial charge in [0.15, 0.2) is 0 Å². The Hall–Kier alpha value is -2.25. The quantitative estimate of drug-likeness (QED) is 0.491. The summed E-state index contributed by atoms with van der Waals surface area (Å²) in [6, 6.07) is 8.50. The van der Waals surface area contributed by atoms with Crippen LogP contribution in [0.5, 0.6) is 0 Å². The largest absolute Gasteiger partial charge is 0.461 e. The Bertz CT molecular complexity index is 1000. The zero-order valence-electron chi connectivity index (χ0n) is 12.5. The van der Waals surface area contributed by atoms with E-state index in [1.54, 1.807) is 37.3 Å². The average Bonchev–Trinajstić information content (AvgIpc) is 2.55. The van der Waals surface area contributed by atoms with Crippen LogP contribution in [0, 0.1) is 0 Å². The van der Waals surface area contributed by atoms with Gasteiger partial charge in [-0.25, -0.2) is 14.5 Å². The summed E-state index contributed by atoms with van der Waals surface area (Å²) in [6.07, 6.45) is 1.52. The molecule has 0 atom stereocenters. The Labute approximate surface area is 150 Å². The van der Waals surface area contributed by atoms with Crippen LogP contribution in [0.15, 0.2) is 45.8 Å². The minimum atomic E-state index is -0.769. The number of aromatic nitrogens is 3. The maximum Gasteiger partial charge on any atom is 0.362 e. The zero-order chi connectivity index (χ0) is 17.3. The maximum absolute atomic E-state index is 12.7. The molecule has 0 amide bonds. The lowest BCUT2D eigenvalue weighted by Crippen LogP contribution is -2.24. The highest BCUT2D eigenvalue weighted by Gasteiger charge is 2.20. The molecule has 0 aliphatic rings. The van der Waals surface area contributed by atoms with Gasteiger partial charge in [-0.2, -0.15) is 5.10 Å². The van der Waals surface area contributed by atoms with Gasteiger partial charge in [0.2, 0.25) is 11.1 Å². The van der Waals surface area contributed by atoms with Crippen molar-refractivity contribution in [3.05, 3.63) is 62.1 Å². The van der Waals surface area contributed by atoms with E-state index < -0.39 is 11.4 Å². The molecule has 6 nitrogen and oxygen atoms in total. The van der Waals surface area contributed by atoms with Crippen LogP contribution in [0.1, 0.15) is 17.4 Å². The van der Waals surface area contributed by atoms with E-state index in [9.17, 15) is 9.59 Å². The number of hydrogen-bond acceptors (Lipinski definition) is 5. The summed E-state index contributed by atoms with van der Waals surface area (Å²) in [5.74, 6) is -0.769. The van der Waals surface area contributed by atoms with Crippen molar-refractivity contribution in [3.63, 3.8) is 0 Å². The highest BCUT2D eigenvalue weighted by molar-refractivity contribution is 9.10. The summed E-state index contributed by atoms with van der Waals surface area (Å²) < 4.78 is 6.98. The molecule has 0 radical (unpaired) electrons. The van der Waals surface area contributed by atoms with Crippen molar-refractivity contribution < 1.29 is 9.53 Å². The minimum absolute atomic E-state index is 0.148. The van der Waals surface area contributed by atoms with Crippen molar-refractivity contribution in [2.45, 2.75) is 6.92 Å². The fourth-order valence-electron chi connectivity index (χ4n) is 2.29. The second-order valence-electron chi connectivity index (χ2n) is 4.78. The van der Waals surface area contributed by atoms with Gasteiger partial charge < -0.3 is 4.74 Å². The first-order valence-corrected chi connectivity index (χ1v) is 8.20. The topological polar surface area (TPSA) is 74.1 Å². The Morgan fingerprint density at radius 2 is 2.17 bits per heavy atom. The molecular weight excluding hydrogens is 398 g/mol. The first-order chi connectivity index (χ1) is 11.5. The van der Waals surface area contributed by atoms with Crippen molar-refractivity contribution in [1.29, 1.82) is 0 Å². The summed E-state index contributed by atoms with van der Waals surface area (Å²) in [7, 11) is 0. The molecule has 1 aromatic carbocycles. The van der Waals surface area contributed by atoms with Crippen molar-refractivity contribution in [3.8, 4) is 5.69 Å². The predicted molar refractivity (Wildman–Crippen MR) is 93.8 cm³/mol. The number of ether oxygens (including phenoxy) is 1. The summed E-state index contributed by atoms with van der Waals surface area (Å²) in [4.78, 5) is 28.7. The fraction of sp³-hybridized carbons (Fsp3) is 0.125. The van der Waals surface area contributed by atoms with Crippen LogP contribution in [-0.2, 0) is 4.74 Å². The molecule has 0 fully saturated rings. The number of esters is 1. The van der Waals surface area contributed by atoms with E-state index in [2.05, 4.69) is 26.0 Å². The van der Waals surface area contributed by atoms with Crippen LogP contribution in [0.4, 0.5) is 0 Å². The highest BCUT2D eigenvalue weighted by Crippen LogP contribution is 2.23. The van der Waals surface area contributed by atoms with Crippen molar-refractivity contribution in [1.82, 2.24) is 14.8 Å². The smallest absolute Gasteiger partial charge is 0.362 e. The maximum atomic E-state index is 12.7. The molecule has 0 unspecified atom stereocenters. The number of rotatable bonds is 3. The van der Waals surface area contributed by atoms with Crippen molar-refractivity contribution in [2.24, 2.45) is 0 Å². The van der Waals surface area contributed by atoms with Crippen molar-refractivity contribution in [2.75, 3.05) is 6.61 Å². The molecule has 2 heterocycles. The lowest BCUT2D eigenvalue weighted by Gasteiger charge is -2.12. The van der Waals surface area contributed by atoms with Crippen LogP contribution < -0.4 is 5.43 Å². The van der Waals surface area contributed by atoms with E-state index in [4.69, 9.17) is 16.3 Å². The number of carbonyl (C=O) groups excluding carboxylic acids is 1. The molecule has 24 heavy (non-hydrogen) atoms. The normalized spacial score (nSPS) is 10.8. The van der Waals surface area contributed by atoms with E-state index in [1.165, 1.54) is 10.9 Å². The van der Waals surface area contributed by atoms with E-state index in [1.807, 2.05) is 0 Å². The lowest BCUT2D eigenvalue weighted by atomic mass is 10.2. The third kappa shape index (κ3) is 2.92. The Kier molecular flexibility index (Phi) is 4.64. The van der Waals surface area contributed by atoms with Crippen LogP contribution in [-0.4, -0.2) is 27.3 Å². The second kappa shape index (κ2) is 6.70. The van der Waals surface area contributed by atoms with Crippen LogP contribution in [0.3, 0.4) is 0 Å². The zero-order valence-corrected chi connectivity index (χ0v) is 14.8. The molecule has 0 N–H and O–H groups in total. The number of hydrogen-bond donors (Lipinski definition) is 0. The lowest BCUT2D eigenvalue weighted by molar-refractivity contribution is 0.0516. The molecule has 8 heteroatoms. The number of halogens is 2. The Morgan fingerprint density at radius 3 is 2.88 bits per heavy atom. The number of pyridine rings is 1. The average molecular weight is 409 g/mol. The summed E-state index contributed by atoms with van der Waals surface area (Å²) in [5.41, 5.74) is 0.324. The van der Waals surface area contributed by atoms with Gasteiger partial charge in [-0.15, -0.1) is 0 Å². The van der Waals surface area contributed by atoms with E-state index in [-0.39, 0.29) is 17.5 Å². The van der Waals surface area contributed by atoms with Gasteiger partial charge in [0.05, 0.1) is 23.2 Å². The highest BCUT2D eigenvalue weighted by atomic mass is 79.9. The molecule has 3 aromatic rings. The molecule has 0 aliphatic heterocycles. The number of benzene rings is 1. The number of carbonyl (C=O) groups is 1.